The Morgan fingerprint density at radius 2 is 2.00 bits per heavy atom. The molecule has 0 unspecified atom stereocenters. The summed E-state index contributed by atoms with van der Waals surface area (Å²) >= 11 is 2.26. The molecule has 4 aromatic rings. The lowest BCUT2D eigenvalue weighted by atomic mass is 9.99. The van der Waals surface area contributed by atoms with E-state index < -0.39 is 11.6 Å². The molecule has 1 aromatic carbocycles. The van der Waals surface area contributed by atoms with E-state index in [0.717, 1.165) is 64.5 Å². The van der Waals surface area contributed by atoms with Crippen LogP contribution in [0.2, 0.25) is 0 Å². The minimum Gasteiger partial charge on any atom is -0.382 e. The molecule has 10 heteroatoms. The lowest BCUT2D eigenvalue weighted by molar-refractivity contribution is 0.571. The predicted octanol–water partition coefficient (Wildman–Crippen LogP) is 4.44. The monoisotopic (exact) mass is 546 g/mol. The van der Waals surface area contributed by atoms with Crippen LogP contribution in [0.1, 0.15) is 5.56 Å². The molecule has 162 valence electrons. The molecular formula is C22H17F2IN6O. The molecule has 0 aliphatic carbocycles. The van der Waals surface area contributed by atoms with Crippen molar-refractivity contribution in [3.63, 3.8) is 0 Å². The van der Waals surface area contributed by atoms with Crippen LogP contribution in [-0.4, -0.2) is 27.6 Å². The van der Waals surface area contributed by atoms with Crippen molar-refractivity contribution in [3.05, 3.63) is 64.3 Å². The van der Waals surface area contributed by atoms with Crippen molar-refractivity contribution in [2.24, 2.45) is 7.05 Å². The first-order chi connectivity index (χ1) is 15.4. The highest BCUT2D eigenvalue weighted by Crippen LogP contribution is 2.48. The molecule has 2 aliphatic rings. The molecule has 7 nitrogen and oxygen atoms in total. The predicted molar refractivity (Wildman–Crippen MR) is 129 cm³/mol. The zero-order chi connectivity index (χ0) is 22.1. The average molecular weight is 546 g/mol. The van der Waals surface area contributed by atoms with Crippen LogP contribution < -0.4 is 18.9 Å². The highest BCUT2D eigenvalue weighted by atomic mass is 127. The Bertz CT molecular complexity index is 1480. The molecule has 5 heterocycles. The van der Waals surface area contributed by atoms with Crippen molar-refractivity contribution < 1.29 is 8.78 Å². The average Bonchev–Trinajstić information content (AvgIpc) is 3.13. The van der Waals surface area contributed by atoms with Crippen molar-refractivity contribution in [1.82, 2.24) is 14.5 Å². The van der Waals surface area contributed by atoms with E-state index in [1.54, 1.807) is 22.7 Å². The van der Waals surface area contributed by atoms with Gasteiger partial charge in [-0.3, -0.25) is 4.79 Å². The third-order valence-corrected chi connectivity index (χ3v) is 7.04. The molecule has 0 saturated carbocycles. The van der Waals surface area contributed by atoms with Gasteiger partial charge in [0.15, 0.2) is 11.6 Å². The Morgan fingerprint density at radius 3 is 2.81 bits per heavy atom. The van der Waals surface area contributed by atoms with Crippen LogP contribution in [0.5, 0.6) is 0 Å². The number of halogens is 3. The topological polar surface area (TPSA) is 69.2 Å². The summed E-state index contributed by atoms with van der Waals surface area (Å²) in [5, 5.41) is 4.24. The van der Waals surface area contributed by atoms with Gasteiger partial charge in [0.25, 0.3) is 5.56 Å². The van der Waals surface area contributed by atoms with Crippen molar-refractivity contribution in [3.8, 4) is 11.1 Å². The number of aromatic nitrogens is 3. The molecule has 2 aliphatic heterocycles. The zero-order valence-corrected chi connectivity index (χ0v) is 19.1. The van der Waals surface area contributed by atoms with Gasteiger partial charge in [-0.1, -0.05) is 0 Å². The van der Waals surface area contributed by atoms with Gasteiger partial charge in [0.2, 0.25) is 0 Å². The molecule has 0 saturated heterocycles. The minimum absolute atomic E-state index is 0.0326. The summed E-state index contributed by atoms with van der Waals surface area (Å²) in [4.78, 5) is 21.7. The third-order valence-electron chi connectivity index (χ3n) is 6.04. The number of nitrogens with one attached hydrogen (secondary N) is 2. The molecule has 0 amide bonds. The van der Waals surface area contributed by atoms with Crippen LogP contribution >= 0.6 is 22.9 Å². The number of rotatable bonds is 1. The Hall–Kier alpha value is -3.15. The molecule has 0 spiro atoms. The number of aryl methyl sites for hydroxylation is 1. The summed E-state index contributed by atoms with van der Waals surface area (Å²) in [6.07, 6.45) is 4.61. The van der Waals surface area contributed by atoms with Crippen LogP contribution in [0.4, 0.5) is 31.7 Å². The second-order valence-electron chi connectivity index (χ2n) is 7.97. The SMILES string of the molecule is Cn1cc2c3c(c[nH]c3c1=O)CN(c1ncc(F)cc1F)c1cc3c(cc1-2)NCCN3I. The zero-order valence-electron chi connectivity index (χ0n) is 16.9. The molecular weight excluding hydrogens is 529 g/mol. The lowest BCUT2D eigenvalue weighted by Crippen LogP contribution is -2.27. The number of hydrogen-bond donors (Lipinski definition) is 2. The second-order valence-corrected chi connectivity index (χ2v) is 9.13. The molecule has 0 atom stereocenters. The van der Waals surface area contributed by atoms with Crippen molar-refractivity contribution in [1.29, 1.82) is 0 Å². The fourth-order valence-corrected chi connectivity index (χ4v) is 5.22. The number of pyridine rings is 2. The first-order valence-corrected chi connectivity index (χ1v) is 11.0. The number of H-pyrrole nitrogens is 1. The summed E-state index contributed by atoms with van der Waals surface area (Å²) in [6.45, 7) is 1.89. The van der Waals surface area contributed by atoms with Crippen molar-refractivity contribution in [2.75, 3.05) is 26.4 Å². The molecule has 6 rings (SSSR count). The molecule has 2 N–H and O–H groups in total. The highest BCUT2D eigenvalue weighted by Gasteiger charge is 2.30. The second kappa shape index (κ2) is 6.92. The molecule has 0 fully saturated rings. The van der Waals surface area contributed by atoms with E-state index in [1.165, 1.54) is 0 Å². The molecule has 0 radical (unpaired) electrons. The van der Waals surface area contributed by atoms with E-state index in [2.05, 4.69) is 41.3 Å². The quantitative estimate of drug-likeness (QED) is 0.273. The van der Waals surface area contributed by atoms with Gasteiger partial charge in [0.1, 0.15) is 11.3 Å². The first kappa shape index (κ1) is 19.5. The number of fused-ring (bicyclic) bond motifs is 3. The maximum atomic E-state index is 14.9. The standard InChI is InChI=1S/C22H17F2IN6O/c1-29-10-14-13-5-16-18(31(25)3-2-26-16)6-17(13)30(21-15(24)4-12(23)8-28-21)9-11-7-27-20(19(11)14)22(29)32/h4-8,10,26-27H,2-3,9H2,1H3. The molecule has 0 bridgehead atoms. The van der Waals surface area contributed by atoms with Gasteiger partial charge in [-0.25, -0.2) is 13.8 Å². The summed E-state index contributed by atoms with van der Waals surface area (Å²) in [5.41, 5.74) is 5.58. The smallest absolute Gasteiger partial charge is 0.274 e. The normalized spacial score (nSPS) is 14.8. The molecule has 3 aromatic heterocycles. The van der Waals surface area contributed by atoms with Crippen LogP contribution in [-0.2, 0) is 13.6 Å². The summed E-state index contributed by atoms with van der Waals surface area (Å²) in [7, 11) is 1.71. The number of benzene rings is 1. The van der Waals surface area contributed by atoms with Gasteiger partial charge in [0, 0.05) is 55.1 Å². The van der Waals surface area contributed by atoms with Crippen molar-refractivity contribution in [2.45, 2.75) is 6.54 Å². The minimum atomic E-state index is -0.745. The Balaban J connectivity index is 1.71. The Labute approximate surface area is 195 Å². The first-order valence-electron chi connectivity index (χ1n) is 10.1. The number of nitrogens with zero attached hydrogens (tertiary/aromatic N) is 4. The fourth-order valence-electron chi connectivity index (χ4n) is 4.58. The van der Waals surface area contributed by atoms with Crippen LogP contribution in [0.15, 0.2) is 41.6 Å². The summed E-state index contributed by atoms with van der Waals surface area (Å²) in [5.74, 6) is -1.44. The highest BCUT2D eigenvalue weighted by molar-refractivity contribution is 14.1. The van der Waals surface area contributed by atoms with Gasteiger partial charge >= 0.3 is 0 Å². The molecule has 32 heavy (non-hydrogen) atoms. The summed E-state index contributed by atoms with van der Waals surface area (Å²) < 4.78 is 32.2. The summed E-state index contributed by atoms with van der Waals surface area (Å²) in [6, 6.07) is 4.87. The largest absolute Gasteiger partial charge is 0.382 e. The van der Waals surface area contributed by atoms with E-state index in [9.17, 15) is 13.6 Å². The van der Waals surface area contributed by atoms with Gasteiger partial charge in [-0.15, -0.1) is 0 Å². The fraction of sp³-hybridized carbons (Fsp3) is 0.182. The van der Waals surface area contributed by atoms with E-state index >= 15 is 0 Å². The third kappa shape index (κ3) is 2.74. The van der Waals surface area contributed by atoms with Crippen LogP contribution in [0.3, 0.4) is 0 Å². The van der Waals surface area contributed by atoms with Crippen molar-refractivity contribution >= 4 is 56.6 Å². The number of hydrogen-bond acceptors (Lipinski definition) is 5. The van der Waals surface area contributed by atoms with Gasteiger partial charge < -0.3 is 22.9 Å². The number of anilines is 4. The maximum absolute atomic E-state index is 14.9. The maximum Gasteiger partial charge on any atom is 0.274 e. The van der Waals surface area contributed by atoms with E-state index in [4.69, 9.17) is 0 Å². The Morgan fingerprint density at radius 1 is 1.16 bits per heavy atom. The van der Waals surface area contributed by atoms with Gasteiger partial charge in [0.05, 0.1) is 52.7 Å². The van der Waals surface area contributed by atoms with E-state index in [0.29, 0.717) is 5.52 Å². The Kier molecular flexibility index (Phi) is 4.23. The van der Waals surface area contributed by atoms with E-state index in [-0.39, 0.29) is 17.9 Å². The lowest BCUT2D eigenvalue weighted by Gasteiger charge is -2.31. The van der Waals surface area contributed by atoms with Crippen LogP contribution in [0.25, 0.3) is 22.0 Å². The van der Waals surface area contributed by atoms with Gasteiger partial charge in [-0.2, -0.15) is 0 Å². The van der Waals surface area contributed by atoms with Gasteiger partial charge in [-0.05, 0) is 17.7 Å². The number of aromatic amines is 1. The van der Waals surface area contributed by atoms with E-state index in [1.807, 2.05) is 18.3 Å². The van der Waals surface area contributed by atoms with Crippen LogP contribution in [0, 0.1) is 11.6 Å².